The molecule has 0 saturated heterocycles. The standard InChI is InChI=1S/C13H13N3O2S/c1-9-14-13(16-15-9)19-8-11-5-3-2-4-10(11)6-7-12(17)18/h2-7H,8H2,1H3,(H,17,18)(H,14,15,16)/b7-6+. The zero-order chi connectivity index (χ0) is 13.7. The number of hydrogen-bond donors (Lipinski definition) is 2. The Kier molecular flexibility index (Phi) is 4.35. The van der Waals surface area contributed by atoms with Crippen LogP contribution in [0.5, 0.6) is 0 Å². The molecule has 2 rings (SSSR count). The third kappa shape index (κ3) is 3.96. The minimum absolute atomic E-state index is 0.689. The van der Waals surface area contributed by atoms with Crippen molar-refractivity contribution in [2.75, 3.05) is 0 Å². The largest absolute Gasteiger partial charge is 0.478 e. The zero-order valence-electron chi connectivity index (χ0n) is 10.3. The van der Waals surface area contributed by atoms with Gasteiger partial charge in [0, 0.05) is 11.8 Å². The van der Waals surface area contributed by atoms with E-state index >= 15 is 0 Å². The van der Waals surface area contributed by atoms with Gasteiger partial charge in [-0.05, 0) is 24.1 Å². The maximum Gasteiger partial charge on any atom is 0.328 e. The molecule has 0 aliphatic carbocycles. The van der Waals surface area contributed by atoms with Crippen LogP contribution in [0.25, 0.3) is 6.08 Å². The van der Waals surface area contributed by atoms with Crippen LogP contribution in [0.1, 0.15) is 17.0 Å². The molecular weight excluding hydrogens is 262 g/mol. The molecule has 0 atom stereocenters. The van der Waals surface area contributed by atoms with Crippen molar-refractivity contribution in [1.82, 2.24) is 15.2 Å². The number of thioether (sulfide) groups is 1. The minimum atomic E-state index is -0.952. The Hall–Kier alpha value is -2.08. The summed E-state index contributed by atoms with van der Waals surface area (Å²) in [5, 5.41) is 16.2. The summed E-state index contributed by atoms with van der Waals surface area (Å²) in [6.07, 6.45) is 2.74. The van der Waals surface area contributed by atoms with Crippen molar-refractivity contribution in [3.63, 3.8) is 0 Å². The van der Waals surface area contributed by atoms with E-state index < -0.39 is 5.97 Å². The number of aromatic amines is 1. The molecule has 0 aliphatic heterocycles. The fourth-order valence-electron chi connectivity index (χ4n) is 1.52. The molecular formula is C13H13N3O2S. The quantitative estimate of drug-likeness (QED) is 0.647. The molecule has 1 aromatic carbocycles. The fourth-order valence-corrected chi connectivity index (χ4v) is 2.38. The van der Waals surface area contributed by atoms with Gasteiger partial charge in [-0.3, -0.25) is 5.10 Å². The second-order valence-corrected chi connectivity index (χ2v) is 4.80. The summed E-state index contributed by atoms with van der Waals surface area (Å²) in [5.41, 5.74) is 1.94. The van der Waals surface area contributed by atoms with Crippen LogP contribution in [0.3, 0.4) is 0 Å². The molecule has 19 heavy (non-hydrogen) atoms. The zero-order valence-corrected chi connectivity index (χ0v) is 11.1. The van der Waals surface area contributed by atoms with Gasteiger partial charge in [-0.15, -0.1) is 5.10 Å². The van der Waals surface area contributed by atoms with E-state index in [9.17, 15) is 4.79 Å². The van der Waals surface area contributed by atoms with Crippen molar-refractivity contribution in [1.29, 1.82) is 0 Å². The Morgan fingerprint density at radius 3 is 2.95 bits per heavy atom. The molecule has 98 valence electrons. The van der Waals surface area contributed by atoms with Crippen LogP contribution in [-0.4, -0.2) is 26.3 Å². The number of aliphatic carboxylic acids is 1. The second-order valence-electron chi connectivity index (χ2n) is 3.86. The van der Waals surface area contributed by atoms with Gasteiger partial charge in [0.05, 0.1) is 0 Å². The lowest BCUT2D eigenvalue weighted by molar-refractivity contribution is -0.131. The summed E-state index contributed by atoms with van der Waals surface area (Å²) >= 11 is 1.51. The van der Waals surface area contributed by atoms with Crippen LogP contribution in [0.15, 0.2) is 35.5 Å². The predicted octanol–water partition coefficient (Wildman–Crippen LogP) is 2.50. The number of carboxylic acids is 1. The van der Waals surface area contributed by atoms with E-state index in [2.05, 4.69) is 15.2 Å². The summed E-state index contributed by atoms with van der Waals surface area (Å²) in [6, 6.07) is 7.66. The second kappa shape index (κ2) is 6.19. The molecule has 0 saturated carbocycles. The number of aromatic nitrogens is 3. The fraction of sp³-hybridized carbons (Fsp3) is 0.154. The van der Waals surface area contributed by atoms with Crippen molar-refractivity contribution in [3.05, 3.63) is 47.3 Å². The van der Waals surface area contributed by atoms with Gasteiger partial charge in [0.25, 0.3) is 0 Å². The van der Waals surface area contributed by atoms with Crippen LogP contribution < -0.4 is 0 Å². The number of rotatable bonds is 5. The van der Waals surface area contributed by atoms with E-state index in [0.717, 1.165) is 23.0 Å². The Balaban J connectivity index is 2.09. The molecule has 0 fully saturated rings. The average Bonchev–Trinajstić information content (AvgIpc) is 2.80. The third-order valence-electron chi connectivity index (χ3n) is 2.39. The number of H-pyrrole nitrogens is 1. The Morgan fingerprint density at radius 1 is 1.47 bits per heavy atom. The topological polar surface area (TPSA) is 78.9 Å². The molecule has 1 heterocycles. The first kappa shape index (κ1) is 13.4. The highest BCUT2D eigenvalue weighted by Gasteiger charge is 2.04. The molecule has 6 heteroatoms. The van der Waals surface area contributed by atoms with Crippen molar-refractivity contribution >= 4 is 23.8 Å². The van der Waals surface area contributed by atoms with E-state index in [0.29, 0.717) is 10.9 Å². The molecule has 0 amide bonds. The van der Waals surface area contributed by atoms with Gasteiger partial charge >= 0.3 is 5.97 Å². The highest BCUT2D eigenvalue weighted by molar-refractivity contribution is 7.98. The SMILES string of the molecule is Cc1nc(SCc2ccccc2/C=C/C(=O)O)n[nH]1. The van der Waals surface area contributed by atoms with Crippen molar-refractivity contribution in [3.8, 4) is 0 Å². The molecule has 5 nitrogen and oxygen atoms in total. The Morgan fingerprint density at radius 2 is 2.26 bits per heavy atom. The van der Waals surface area contributed by atoms with Gasteiger partial charge < -0.3 is 5.11 Å². The highest BCUT2D eigenvalue weighted by atomic mass is 32.2. The first-order valence-electron chi connectivity index (χ1n) is 5.66. The number of benzene rings is 1. The Labute approximate surface area is 114 Å². The lowest BCUT2D eigenvalue weighted by Crippen LogP contribution is -1.89. The Bertz CT molecular complexity index is 607. The van der Waals surface area contributed by atoms with Gasteiger partial charge in [-0.2, -0.15) is 0 Å². The number of nitrogens with one attached hydrogen (secondary N) is 1. The third-order valence-corrected chi connectivity index (χ3v) is 3.29. The summed E-state index contributed by atoms with van der Waals surface area (Å²) in [4.78, 5) is 14.8. The van der Waals surface area contributed by atoms with Gasteiger partial charge in [0.2, 0.25) is 5.16 Å². The van der Waals surface area contributed by atoms with Gasteiger partial charge in [-0.25, -0.2) is 9.78 Å². The number of carboxylic acid groups (broad SMARTS) is 1. The summed E-state index contributed by atoms with van der Waals surface area (Å²) in [5.74, 6) is 0.519. The molecule has 0 radical (unpaired) electrons. The van der Waals surface area contributed by atoms with Crippen LogP contribution in [0, 0.1) is 6.92 Å². The van der Waals surface area contributed by atoms with Crippen molar-refractivity contribution < 1.29 is 9.90 Å². The lowest BCUT2D eigenvalue weighted by Gasteiger charge is -2.03. The average molecular weight is 275 g/mol. The first-order valence-corrected chi connectivity index (χ1v) is 6.64. The van der Waals surface area contributed by atoms with Gasteiger partial charge in [0.1, 0.15) is 5.82 Å². The normalized spacial score (nSPS) is 11.0. The molecule has 0 unspecified atom stereocenters. The summed E-state index contributed by atoms with van der Waals surface area (Å²) in [7, 11) is 0. The maximum absolute atomic E-state index is 10.5. The van der Waals surface area contributed by atoms with E-state index in [1.807, 2.05) is 31.2 Å². The van der Waals surface area contributed by atoms with Crippen molar-refractivity contribution in [2.45, 2.75) is 17.8 Å². The van der Waals surface area contributed by atoms with Crippen LogP contribution in [0.2, 0.25) is 0 Å². The molecule has 2 aromatic rings. The van der Waals surface area contributed by atoms with E-state index in [-0.39, 0.29) is 0 Å². The molecule has 0 aliphatic rings. The predicted molar refractivity (Wildman–Crippen MR) is 73.8 cm³/mol. The molecule has 1 aromatic heterocycles. The maximum atomic E-state index is 10.5. The van der Waals surface area contributed by atoms with E-state index in [4.69, 9.17) is 5.11 Å². The molecule has 0 bridgehead atoms. The first-order chi connectivity index (χ1) is 9.15. The lowest BCUT2D eigenvalue weighted by atomic mass is 10.1. The number of carbonyl (C=O) groups is 1. The molecule has 0 spiro atoms. The van der Waals surface area contributed by atoms with Crippen molar-refractivity contribution in [2.24, 2.45) is 0 Å². The summed E-state index contributed by atoms with van der Waals surface area (Å²) < 4.78 is 0. The smallest absolute Gasteiger partial charge is 0.328 e. The van der Waals surface area contributed by atoms with E-state index in [1.54, 1.807) is 6.08 Å². The number of hydrogen-bond acceptors (Lipinski definition) is 4. The highest BCUT2D eigenvalue weighted by Crippen LogP contribution is 2.22. The van der Waals surface area contributed by atoms with E-state index in [1.165, 1.54) is 11.8 Å². The monoisotopic (exact) mass is 275 g/mol. The van der Waals surface area contributed by atoms with Crippen LogP contribution in [0.4, 0.5) is 0 Å². The van der Waals surface area contributed by atoms with Crippen LogP contribution in [-0.2, 0) is 10.5 Å². The van der Waals surface area contributed by atoms with Gasteiger partial charge in [-0.1, -0.05) is 36.0 Å². The number of aryl methyl sites for hydroxylation is 1. The molecule has 2 N–H and O–H groups in total. The minimum Gasteiger partial charge on any atom is -0.478 e. The summed E-state index contributed by atoms with van der Waals surface area (Å²) in [6.45, 7) is 1.85. The van der Waals surface area contributed by atoms with Gasteiger partial charge in [0.15, 0.2) is 0 Å². The number of nitrogens with zero attached hydrogens (tertiary/aromatic N) is 2. The van der Waals surface area contributed by atoms with Crippen LogP contribution >= 0.6 is 11.8 Å².